The Kier molecular flexibility index (Phi) is 6.56. The Morgan fingerprint density at radius 3 is 1.60 bits per heavy atom. The maximum atomic E-state index is 10.5. The van der Waals surface area contributed by atoms with Crippen LogP contribution in [0, 0.1) is 34.0 Å². The monoisotopic (exact) mass is 635 g/mol. The van der Waals surface area contributed by atoms with Gasteiger partial charge in [0.25, 0.3) is 0 Å². The van der Waals surface area contributed by atoms with Crippen LogP contribution in [0.25, 0.3) is 77.2 Å². The van der Waals surface area contributed by atoms with Crippen LogP contribution < -0.4 is 0 Å². The van der Waals surface area contributed by atoms with Crippen molar-refractivity contribution in [1.29, 1.82) is 15.8 Å². The van der Waals surface area contributed by atoms with Crippen LogP contribution in [-0.2, 0) is 0 Å². The van der Waals surface area contributed by atoms with Crippen molar-refractivity contribution in [3.8, 4) is 51.8 Å². The number of benzene rings is 7. The molecule has 0 aliphatic rings. The van der Waals surface area contributed by atoms with E-state index >= 15 is 0 Å². The lowest BCUT2D eigenvalue weighted by Gasteiger charge is -2.19. The van der Waals surface area contributed by atoms with Gasteiger partial charge in [0.2, 0.25) is 0 Å². The fourth-order valence-corrected chi connectivity index (χ4v) is 7.47. The summed E-state index contributed by atoms with van der Waals surface area (Å²) >= 11 is 0. The maximum absolute atomic E-state index is 10.5. The van der Waals surface area contributed by atoms with Gasteiger partial charge in [-0.25, -0.2) is 0 Å². The van der Waals surface area contributed by atoms with Gasteiger partial charge in [-0.1, -0.05) is 78.9 Å². The molecule has 5 heteroatoms. The first-order valence-electron chi connectivity index (χ1n) is 16.3. The van der Waals surface area contributed by atoms with Crippen molar-refractivity contribution < 1.29 is 0 Å². The third kappa shape index (κ3) is 4.31. The predicted molar refractivity (Wildman–Crippen MR) is 200 cm³/mol. The first-order chi connectivity index (χ1) is 24.7. The van der Waals surface area contributed by atoms with Gasteiger partial charge < -0.3 is 9.13 Å². The van der Waals surface area contributed by atoms with E-state index in [4.69, 9.17) is 0 Å². The minimum atomic E-state index is 0.538. The summed E-state index contributed by atoms with van der Waals surface area (Å²) in [7, 11) is 0. The number of nitrogens with zero attached hydrogens (tertiary/aromatic N) is 5. The van der Waals surface area contributed by atoms with Crippen LogP contribution in [0.2, 0.25) is 0 Å². The molecule has 5 nitrogen and oxygen atoms in total. The second kappa shape index (κ2) is 11.4. The third-order valence-corrected chi connectivity index (χ3v) is 9.64. The largest absolute Gasteiger partial charge is 0.309 e. The summed E-state index contributed by atoms with van der Waals surface area (Å²) < 4.78 is 4.46. The summed E-state index contributed by atoms with van der Waals surface area (Å²) in [4.78, 5) is 0. The minimum absolute atomic E-state index is 0.538. The summed E-state index contributed by atoms with van der Waals surface area (Å²) in [6.45, 7) is 0. The summed E-state index contributed by atoms with van der Waals surface area (Å²) in [5.74, 6) is 0. The highest BCUT2D eigenvalue weighted by molar-refractivity contribution is 6.11. The standard InChI is InChI=1S/C45H25N5/c46-26-29-16-22-37(45-32(28-48)8-7-15-44(45)50-41-13-5-1-9-34(41)35-10-2-6-14-42(35)50)38(24-29)31-18-20-33(21-19-31)49-40-12-4-3-11-36(40)39-25-30(27-47)17-23-43(39)49/h1-25H. The number of fused-ring (bicyclic) bond motifs is 6. The fourth-order valence-electron chi connectivity index (χ4n) is 7.47. The molecule has 9 aromatic rings. The van der Waals surface area contributed by atoms with Crippen molar-refractivity contribution in [2.45, 2.75) is 0 Å². The molecule has 0 fully saturated rings. The molecule has 0 spiro atoms. The third-order valence-electron chi connectivity index (χ3n) is 9.64. The highest BCUT2D eigenvalue weighted by Crippen LogP contribution is 2.42. The summed E-state index contributed by atoms with van der Waals surface area (Å²) in [5, 5.41) is 34.5. The number of para-hydroxylation sites is 3. The van der Waals surface area contributed by atoms with Gasteiger partial charge in [-0.2, -0.15) is 15.8 Å². The summed E-state index contributed by atoms with van der Waals surface area (Å²) in [5.41, 5.74) is 11.2. The second-order valence-corrected chi connectivity index (χ2v) is 12.3. The van der Waals surface area contributed by atoms with E-state index in [9.17, 15) is 15.8 Å². The number of hydrogen-bond acceptors (Lipinski definition) is 3. The van der Waals surface area contributed by atoms with E-state index in [0.29, 0.717) is 16.7 Å². The van der Waals surface area contributed by atoms with Crippen LogP contribution >= 0.6 is 0 Å². The van der Waals surface area contributed by atoms with E-state index in [0.717, 1.165) is 77.2 Å². The van der Waals surface area contributed by atoms with E-state index < -0.39 is 0 Å². The van der Waals surface area contributed by atoms with E-state index in [1.54, 1.807) is 0 Å². The first-order valence-corrected chi connectivity index (χ1v) is 16.3. The molecule has 0 saturated carbocycles. The average molecular weight is 636 g/mol. The van der Waals surface area contributed by atoms with E-state index in [2.05, 4.69) is 106 Å². The lowest BCUT2D eigenvalue weighted by molar-refractivity contribution is 1.18. The molecule has 0 amide bonds. The Labute approximate surface area is 287 Å². The van der Waals surface area contributed by atoms with Crippen molar-refractivity contribution in [3.05, 3.63) is 168 Å². The molecule has 0 N–H and O–H groups in total. The fraction of sp³-hybridized carbons (Fsp3) is 0. The van der Waals surface area contributed by atoms with Gasteiger partial charge in [-0.05, 0) is 89.5 Å². The van der Waals surface area contributed by atoms with E-state index in [1.165, 1.54) is 0 Å². The van der Waals surface area contributed by atoms with Crippen molar-refractivity contribution in [3.63, 3.8) is 0 Å². The molecule has 50 heavy (non-hydrogen) atoms. The maximum Gasteiger partial charge on any atom is 0.0998 e. The zero-order chi connectivity index (χ0) is 33.8. The molecule has 0 unspecified atom stereocenters. The van der Waals surface area contributed by atoms with E-state index in [1.807, 2.05) is 72.8 Å². The molecule has 9 rings (SSSR count). The quantitative estimate of drug-likeness (QED) is 0.193. The van der Waals surface area contributed by atoms with Crippen LogP contribution in [0.3, 0.4) is 0 Å². The van der Waals surface area contributed by atoms with Crippen LogP contribution in [0.4, 0.5) is 0 Å². The molecule has 0 bridgehead atoms. The van der Waals surface area contributed by atoms with Gasteiger partial charge in [0, 0.05) is 32.8 Å². The number of aromatic nitrogens is 2. The van der Waals surface area contributed by atoms with Crippen LogP contribution in [0.5, 0.6) is 0 Å². The van der Waals surface area contributed by atoms with Crippen LogP contribution in [0.15, 0.2) is 152 Å². The molecule has 0 aliphatic carbocycles. The molecule has 7 aromatic carbocycles. The van der Waals surface area contributed by atoms with Gasteiger partial charge >= 0.3 is 0 Å². The molecule has 0 aliphatic heterocycles. The zero-order valence-electron chi connectivity index (χ0n) is 26.7. The molecular formula is C45H25N5. The Balaban J connectivity index is 1.26. The normalized spacial score (nSPS) is 11.1. The Bertz CT molecular complexity index is 2900. The first kappa shape index (κ1) is 28.8. The molecule has 2 heterocycles. The number of hydrogen-bond donors (Lipinski definition) is 0. The van der Waals surface area contributed by atoms with Crippen LogP contribution in [-0.4, -0.2) is 9.13 Å². The molecule has 2 aromatic heterocycles. The summed E-state index contributed by atoms with van der Waals surface area (Å²) in [6, 6.07) is 57.7. The molecular weight excluding hydrogens is 611 g/mol. The van der Waals surface area contributed by atoms with Crippen LogP contribution in [0.1, 0.15) is 16.7 Å². The predicted octanol–water partition coefficient (Wildman–Crippen LogP) is 10.8. The lowest BCUT2D eigenvalue weighted by Crippen LogP contribution is -2.01. The summed E-state index contributed by atoms with van der Waals surface area (Å²) in [6.07, 6.45) is 0. The SMILES string of the molecule is N#Cc1ccc(-c2c(C#N)cccc2-n2c3ccccc3c3ccccc32)c(-c2ccc(-n3c4ccccc4c4cc(C#N)ccc43)cc2)c1. The molecule has 0 atom stereocenters. The van der Waals surface area contributed by atoms with Gasteiger partial charge in [0.1, 0.15) is 0 Å². The highest BCUT2D eigenvalue weighted by atomic mass is 15.0. The molecule has 0 saturated heterocycles. The molecule has 0 radical (unpaired) electrons. The zero-order valence-corrected chi connectivity index (χ0v) is 26.7. The number of rotatable bonds is 4. The highest BCUT2D eigenvalue weighted by Gasteiger charge is 2.21. The van der Waals surface area contributed by atoms with Crippen molar-refractivity contribution in [1.82, 2.24) is 9.13 Å². The van der Waals surface area contributed by atoms with Gasteiger partial charge in [0.15, 0.2) is 0 Å². The van der Waals surface area contributed by atoms with E-state index in [-0.39, 0.29) is 0 Å². The van der Waals surface area contributed by atoms with Crippen molar-refractivity contribution in [2.75, 3.05) is 0 Å². The molecule has 230 valence electrons. The van der Waals surface area contributed by atoms with Crippen molar-refractivity contribution in [2.24, 2.45) is 0 Å². The Hall–Kier alpha value is -7.39. The number of nitriles is 3. The van der Waals surface area contributed by atoms with Crippen molar-refractivity contribution >= 4 is 43.6 Å². The average Bonchev–Trinajstić information content (AvgIpc) is 3.70. The smallest absolute Gasteiger partial charge is 0.0998 e. The minimum Gasteiger partial charge on any atom is -0.309 e. The lowest BCUT2D eigenvalue weighted by atomic mass is 9.89. The Morgan fingerprint density at radius 1 is 0.400 bits per heavy atom. The Morgan fingerprint density at radius 2 is 0.960 bits per heavy atom. The second-order valence-electron chi connectivity index (χ2n) is 12.3. The van der Waals surface area contributed by atoms with Gasteiger partial charge in [-0.15, -0.1) is 0 Å². The van der Waals surface area contributed by atoms with Gasteiger partial charge in [0.05, 0.1) is 62.7 Å². The topological polar surface area (TPSA) is 81.2 Å². The van der Waals surface area contributed by atoms with Gasteiger partial charge in [-0.3, -0.25) is 0 Å².